The van der Waals surface area contributed by atoms with Gasteiger partial charge < -0.3 is 14.4 Å². The van der Waals surface area contributed by atoms with Crippen molar-refractivity contribution in [2.45, 2.75) is 39.7 Å². The van der Waals surface area contributed by atoms with Crippen LogP contribution in [-0.4, -0.2) is 45.9 Å². The van der Waals surface area contributed by atoms with Gasteiger partial charge in [-0.15, -0.1) is 0 Å². The third-order valence-electron chi connectivity index (χ3n) is 5.90. The lowest BCUT2D eigenvalue weighted by molar-refractivity contribution is -0.131. The van der Waals surface area contributed by atoms with Gasteiger partial charge in [0.1, 0.15) is 12.4 Å². The molecule has 1 fully saturated rings. The van der Waals surface area contributed by atoms with E-state index in [1.807, 2.05) is 83.7 Å². The number of carbonyl (C=O) groups is 2. The maximum Gasteiger partial charge on any atom is 0.242 e. The number of imidazole rings is 1. The first-order valence-corrected chi connectivity index (χ1v) is 10.6. The minimum Gasteiger partial charge on any atom is -0.342 e. The summed E-state index contributed by atoms with van der Waals surface area (Å²) in [5, 5.41) is 0. The number of nitrogens with zero attached hydrogens (tertiary/aromatic N) is 4. The molecule has 1 atom stereocenters. The number of hydrogen-bond acceptors (Lipinski definition) is 3. The number of aryl methyl sites for hydroxylation is 1. The van der Waals surface area contributed by atoms with Crippen molar-refractivity contribution < 1.29 is 9.59 Å². The second kappa shape index (κ2) is 8.30. The van der Waals surface area contributed by atoms with E-state index < -0.39 is 0 Å². The van der Waals surface area contributed by atoms with Crippen LogP contribution in [0.15, 0.2) is 48.5 Å². The first-order valence-electron chi connectivity index (χ1n) is 10.6. The lowest BCUT2D eigenvalue weighted by Crippen LogP contribution is -2.34. The van der Waals surface area contributed by atoms with Gasteiger partial charge in [0.25, 0.3) is 0 Å². The Balaban J connectivity index is 1.69. The number of para-hydroxylation sites is 2. The van der Waals surface area contributed by atoms with Crippen molar-refractivity contribution in [1.82, 2.24) is 14.5 Å². The quantitative estimate of drug-likeness (QED) is 0.629. The van der Waals surface area contributed by atoms with E-state index >= 15 is 0 Å². The van der Waals surface area contributed by atoms with Gasteiger partial charge in [-0.3, -0.25) is 9.59 Å². The van der Waals surface area contributed by atoms with E-state index in [0.717, 1.165) is 28.1 Å². The fourth-order valence-electron chi connectivity index (χ4n) is 4.31. The lowest BCUT2D eigenvalue weighted by atomic mass is 10.1. The summed E-state index contributed by atoms with van der Waals surface area (Å²) in [6, 6.07) is 15.9. The zero-order chi connectivity index (χ0) is 21.3. The highest BCUT2D eigenvalue weighted by molar-refractivity contribution is 5.96. The molecule has 156 valence electrons. The fraction of sp³-hybridized carbons (Fsp3) is 0.375. The van der Waals surface area contributed by atoms with Crippen molar-refractivity contribution in [3.63, 3.8) is 0 Å². The van der Waals surface area contributed by atoms with Gasteiger partial charge in [0.2, 0.25) is 11.8 Å². The molecule has 2 heterocycles. The Kier molecular flexibility index (Phi) is 5.57. The molecule has 2 aromatic carbocycles. The molecule has 2 amide bonds. The van der Waals surface area contributed by atoms with Gasteiger partial charge in [-0.2, -0.15) is 0 Å². The van der Waals surface area contributed by atoms with Crippen molar-refractivity contribution in [2.75, 3.05) is 24.5 Å². The molecule has 6 nitrogen and oxygen atoms in total. The zero-order valence-electron chi connectivity index (χ0n) is 17.8. The van der Waals surface area contributed by atoms with Crippen LogP contribution in [0.3, 0.4) is 0 Å². The monoisotopic (exact) mass is 404 g/mol. The number of likely N-dealkylation sites (N-methyl/N-ethyl adjacent to an activating group) is 1. The Morgan fingerprint density at radius 2 is 1.90 bits per heavy atom. The molecule has 1 aliphatic heterocycles. The molecule has 4 rings (SSSR count). The summed E-state index contributed by atoms with van der Waals surface area (Å²) in [5.74, 6) is 0.943. The van der Waals surface area contributed by atoms with Gasteiger partial charge in [-0.1, -0.05) is 24.3 Å². The van der Waals surface area contributed by atoms with Crippen LogP contribution < -0.4 is 4.90 Å². The van der Waals surface area contributed by atoms with Crippen LogP contribution in [-0.2, 0) is 16.1 Å². The van der Waals surface area contributed by atoms with Gasteiger partial charge in [-0.05, 0) is 50.6 Å². The highest BCUT2D eigenvalue weighted by Gasteiger charge is 2.35. The van der Waals surface area contributed by atoms with Crippen LogP contribution in [0.2, 0.25) is 0 Å². The van der Waals surface area contributed by atoms with Crippen LogP contribution >= 0.6 is 0 Å². The molecule has 0 bridgehead atoms. The van der Waals surface area contributed by atoms with Crippen molar-refractivity contribution in [1.29, 1.82) is 0 Å². The molecule has 0 aliphatic carbocycles. The molecule has 0 N–H and O–H groups in total. The van der Waals surface area contributed by atoms with Gasteiger partial charge in [0.05, 0.1) is 11.0 Å². The fourth-order valence-corrected chi connectivity index (χ4v) is 4.31. The van der Waals surface area contributed by atoms with Crippen molar-refractivity contribution in [3.05, 3.63) is 59.9 Å². The van der Waals surface area contributed by atoms with Crippen molar-refractivity contribution in [2.24, 2.45) is 0 Å². The van der Waals surface area contributed by atoms with E-state index in [9.17, 15) is 9.59 Å². The van der Waals surface area contributed by atoms with Crippen LogP contribution in [0.4, 0.5) is 5.69 Å². The maximum atomic E-state index is 12.9. The van der Waals surface area contributed by atoms with Gasteiger partial charge in [0.15, 0.2) is 0 Å². The van der Waals surface area contributed by atoms with Gasteiger partial charge >= 0.3 is 0 Å². The number of aromatic nitrogens is 2. The van der Waals surface area contributed by atoms with E-state index in [0.29, 0.717) is 26.1 Å². The molecule has 0 spiro atoms. The first kappa shape index (κ1) is 20.1. The Labute approximate surface area is 177 Å². The largest absolute Gasteiger partial charge is 0.342 e. The summed E-state index contributed by atoms with van der Waals surface area (Å²) in [6.07, 6.45) is 0.400. The standard InChI is InChI=1S/C24H28N4O2/c1-4-26(5-2)23(30)16-28-21-12-7-6-11-20(21)25-24(28)18-14-22(29)27(15-18)19-10-8-9-17(3)13-19/h6-13,18H,4-5,14-16H2,1-3H3. The van der Waals surface area contributed by atoms with Crippen molar-refractivity contribution in [3.8, 4) is 0 Å². The highest BCUT2D eigenvalue weighted by Crippen LogP contribution is 2.33. The minimum absolute atomic E-state index is 0.0464. The molecule has 0 saturated carbocycles. The van der Waals surface area contributed by atoms with Gasteiger partial charge in [-0.25, -0.2) is 4.98 Å². The van der Waals surface area contributed by atoms with Crippen LogP contribution in [0.5, 0.6) is 0 Å². The number of anilines is 1. The number of hydrogen-bond donors (Lipinski definition) is 0. The van der Waals surface area contributed by atoms with Crippen molar-refractivity contribution >= 4 is 28.5 Å². The molecule has 6 heteroatoms. The third-order valence-corrected chi connectivity index (χ3v) is 5.90. The van der Waals surface area contributed by atoms with E-state index in [1.54, 1.807) is 0 Å². The Morgan fingerprint density at radius 3 is 2.63 bits per heavy atom. The first-order chi connectivity index (χ1) is 14.5. The molecule has 1 aromatic heterocycles. The van der Waals surface area contributed by atoms with E-state index in [2.05, 4.69) is 0 Å². The minimum atomic E-state index is -0.0464. The Morgan fingerprint density at radius 1 is 1.13 bits per heavy atom. The van der Waals surface area contributed by atoms with Crippen LogP contribution in [0, 0.1) is 6.92 Å². The predicted octanol–water partition coefficient (Wildman–Crippen LogP) is 3.73. The Bertz CT molecular complexity index is 1080. The second-order valence-corrected chi connectivity index (χ2v) is 7.86. The summed E-state index contributed by atoms with van der Waals surface area (Å²) in [7, 11) is 0. The molecular formula is C24H28N4O2. The third kappa shape index (κ3) is 3.70. The summed E-state index contributed by atoms with van der Waals surface area (Å²) < 4.78 is 2.01. The molecule has 3 aromatic rings. The van der Waals surface area contributed by atoms with Crippen LogP contribution in [0.25, 0.3) is 11.0 Å². The SMILES string of the molecule is CCN(CC)C(=O)Cn1c(C2CC(=O)N(c3cccc(C)c3)C2)nc2ccccc21. The molecule has 30 heavy (non-hydrogen) atoms. The Hall–Kier alpha value is -3.15. The molecule has 0 radical (unpaired) electrons. The number of benzene rings is 2. The summed E-state index contributed by atoms with van der Waals surface area (Å²) in [5.41, 5.74) is 3.85. The van der Waals surface area contributed by atoms with Crippen LogP contribution in [0.1, 0.15) is 37.6 Å². The predicted molar refractivity (Wildman–Crippen MR) is 119 cm³/mol. The molecule has 1 aliphatic rings. The van der Waals surface area contributed by atoms with E-state index in [4.69, 9.17) is 4.98 Å². The normalized spacial score (nSPS) is 16.4. The number of amides is 2. The zero-order valence-corrected chi connectivity index (χ0v) is 17.8. The van der Waals surface area contributed by atoms with Gasteiger partial charge in [0, 0.05) is 37.7 Å². The van der Waals surface area contributed by atoms with E-state index in [-0.39, 0.29) is 24.3 Å². The summed E-state index contributed by atoms with van der Waals surface area (Å²) >= 11 is 0. The molecule has 1 unspecified atom stereocenters. The highest BCUT2D eigenvalue weighted by atomic mass is 16.2. The topological polar surface area (TPSA) is 58.4 Å². The second-order valence-electron chi connectivity index (χ2n) is 7.86. The summed E-state index contributed by atoms with van der Waals surface area (Å²) in [6.45, 7) is 8.19. The number of fused-ring (bicyclic) bond motifs is 1. The smallest absolute Gasteiger partial charge is 0.242 e. The summed E-state index contributed by atoms with van der Waals surface area (Å²) in [4.78, 5) is 34.2. The number of carbonyl (C=O) groups excluding carboxylic acids is 2. The van der Waals surface area contributed by atoms with E-state index in [1.165, 1.54) is 0 Å². The molecule has 1 saturated heterocycles. The average Bonchev–Trinajstić information content (AvgIpc) is 3.30. The maximum absolute atomic E-state index is 12.9. The lowest BCUT2D eigenvalue weighted by Gasteiger charge is -2.21. The molecular weight excluding hydrogens is 376 g/mol. The average molecular weight is 405 g/mol. The number of rotatable bonds is 6.